The molecular weight excluding hydrogens is 374 g/mol. The molecule has 1 fully saturated rings. The number of aromatic nitrogens is 1. The van der Waals surface area contributed by atoms with Crippen LogP contribution in [0.25, 0.3) is 10.9 Å². The fourth-order valence-electron chi connectivity index (χ4n) is 3.17. The Morgan fingerprint density at radius 1 is 1.11 bits per heavy atom. The smallest absolute Gasteiger partial charge is 0.272 e. The topological polar surface area (TPSA) is 45.2 Å². The third kappa shape index (κ3) is 4.06. The van der Waals surface area contributed by atoms with Gasteiger partial charge in [0.2, 0.25) is 0 Å². The lowest BCUT2D eigenvalue weighted by Gasteiger charge is -2.26. The van der Waals surface area contributed by atoms with Gasteiger partial charge in [-0.15, -0.1) is 11.8 Å². The first-order chi connectivity index (χ1) is 13.2. The highest BCUT2D eigenvalue weighted by atomic mass is 32.2. The molecule has 1 aromatic heterocycles. The number of fused-ring (bicyclic) bond motifs is 1. The molecule has 4 rings (SSSR count). The van der Waals surface area contributed by atoms with Gasteiger partial charge in [0.15, 0.2) is 0 Å². The number of anilines is 2. The first-order valence-electron chi connectivity index (χ1n) is 8.92. The molecule has 27 heavy (non-hydrogen) atoms. The largest absolute Gasteiger partial charge is 0.355 e. The number of benzene rings is 2. The van der Waals surface area contributed by atoms with E-state index in [2.05, 4.69) is 28.7 Å². The highest BCUT2D eigenvalue weighted by Gasteiger charge is 2.21. The molecule has 1 N–H and O–H groups in total. The van der Waals surface area contributed by atoms with Crippen LogP contribution in [0.5, 0.6) is 0 Å². The molecule has 3 aromatic rings. The van der Waals surface area contributed by atoms with Crippen LogP contribution in [-0.2, 0) is 0 Å². The molecule has 1 amide bonds. The standard InChI is InChI=1S/C21H21N3OS2/c1-26-16-6-4-5-15(13-16)22-19-14-20(21(25)24-9-11-27-12-10-24)23-18-8-3-2-7-17(18)19/h2-8,13-14H,9-12H2,1H3,(H,22,23). The Labute approximate surface area is 167 Å². The average molecular weight is 396 g/mol. The molecule has 1 saturated heterocycles. The van der Waals surface area contributed by atoms with Crippen LogP contribution in [0.3, 0.4) is 0 Å². The molecule has 0 saturated carbocycles. The van der Waals surface area contributed by atoms with E-state index >= 15 is 0 Å². The van der Waals surface area contributed by atoms with E-state index in [1.54, 1.807) is 11.8 Å². The minimum atomic E-state index is 0.0157. The Balaban J connectivity index is 1.73. The maximum atomic E-state index is 13.0. The number of carbonyl (C=O) groups excluding carboxylic acids is 1. The molecule has 2 aromatic carbocycles. The third-order valence-corrected chi connectivity index (χ3v) is 6.25. The van der Waals surface area contributed by atoms with Gasteiger partial charge in [-0.3, -0.25) is 4.79 Å². The Morgan fingerprint density at radius 3 is 2.74 bits per heavy atom. The molecule has 0 spiro atoms. The Hall–Kier alpha value is -2.18. The summed E-state index contributed by atoms with van der Waals surface area (Å²) in [5, 5.41) is 4.50. The SMILES string of the molecule is CSc1cccc(Nc2cc(C(=O)N3CCSCC3)nc3ccccc23)c1. The molecule has 4 nitrogen and oxygen atoms in total. The first kappa shape index (κ1) is 18.2. The van der Waals surface area contributed by atoms with E-state index in [9.17, 15) is 4.79 Å². The first-order valence-corrected chi connectivity index (χ1v) is 11.3. The van der Waals surface area contributed by atoms with Crippen LogP contribution in [0.4, 0.5) is 11.4 Å². The summed E-state index contributed by atoms with van der Waals surface area (Å²) < 4.78 is 0. The van der Waals surface area contributed by atoms with Crippen molar-refractivity contribution in [2.75, 3.05) is 36.2 Å². The van der Waals surface area contributed by atoms with E-state index in [-0.39, 0.29) is 5.91 Å². The van der Waals surface area contributed by atoms with Gasteiger partial charge < -0.3 is 10.2 Å². The average Bonchev–Trinajstić information content (AvgIpc) is 2.74. The second kappa shape index (κ2) is 8.23. The summed E-state index contributed by atoms with van der Waals surface area (Å²) in [4.78, 5) is 20.7. The highest BCUT2D eigenvalue weighted by molar-refractivity contribution is 7.99. The fraction of sp³-hybridized carbons (Fsp3) is 0.238. The van der Waals surface area contributed by atoms with Crippen LogP contribution >= 0.6 is 23.5 Å². The highest BCUT2D eigenvalue weighted by Crippen LogP contribution is 2.29. The number of carbonyl (C=O) groups is 1. The van der Waals surface area contributed by atoms with Gasteiger partial charge in [0.1, 0.15) is 5.69 Å². The summed E-state index contributed by atoms with van der Waals surface area (Å²) in [6.45, 7) is 1.58. The van der Waals surface area contributed by atoms with E-state index in [1.807, 2.05) is 59.1 Å². The van der Waals surface area contributed by atoms with Crippen molar-refractivity contribution in [1.82, 2.24) is 9.88 Å². The van der Waals surface area contributed by atoms with Crippen molar-refractivity contribution >= 4 is 51.7 Å². The van der Waals surface area contributed by atoms with Crippen molar-refractivity contribution in [3.63, 3.8) is 0 Å². The number of nitrogens with one attached hydrogen (secondary N) is 1. The van der Waals surface area contributed by atoms with Gasteiger partial charge in [0, 0.05) is 40.6 Å². The molecule has 0 atom stereocenters. The number of amides is 1. The second-order valence-electron chi connectivity index (χ2n) is 6.33. The quantitative estimate of drug-likeness (QED) is 0.637. The number of pyridine rings is 1. The van der Waals surface area contributed by atoms with Crippen molar-refractivity contribution < 1.29 is 4.79 Å². The maximum Gasteiger partial charge on any atom is 0.272 e. The van der Waals surface area contributed by atoms with Crippen molar-refractivity contribution in [1.29, 1.82) is 0 Å². The third-order valence-electron chi connectivity index (χ3n) is 4.58. The van der Waals surface area contributed by atoms with E-state index < -0.39 is 0 Å². The molecule has 1 aliphatic heterocycles. The lowest BCUT2D eigenvalue weighted by Crippen LogP contribution is -2.38. The van der Waals surface area contributed by atoms with Gasteiger partial charge in [-0.1, -0.05) is 24.3 Å². The van der Waals surface area contributed by atoms with E-state index in [1.165, 1.54) is 4.90 Å². The number of hydrogen-bond donors (Lipinski definition) is 1. The zero-order valence-corrected chi connectivity index (χ0v) is 16.8. The van der Waals surface area contributed by atoms with Crippen LogP contribution in [0.2, 0.25) is 0 Å². The van der Waals surface area contributed by atoms with Crippen molar-refractivity contribution in [2.45, 2.75) is 4.90 Å². The van der Waals surface area contributed by atoms with Crippen molar-refractivity contribution in [2.24, 2.45) is 0 Å². The van der Waals surface area contributed by atoms with Crippen LogP contribution in [0, 0.1) is 0 Å². The van der Waals surface area contributed by atoms with E-state index in [0.717, 1.165) is 46.9 Å². The molecular formula is C21H21N3OS2. The molecule has 138 valence electrons. The molecule has 0 radical (unpaired) electrons. The summed E-state index contributed by atoms with van der Waals surface area (Å²) in [6, 6.07) is 18.1. The zero-order chi connectivity index (χ0) is 18.6. The Morgan fingerprint density at radius 2 is 1.93 bits per heavy atom. The minimum Gasteiger partial charge on any atom is -0.355 e. The van der Waals surface area contributed by atoms with Crippen molar-refractivity contribution in [3.05, 3.63) is 60.3 Å². The lowest BCUT2D eigenvalue weighted by molar-refractivity contribution is 0.0767. The molecule has 0 unspecified atom stereocenters. The fourth-order valence-corrected chi connectivity index (χ4v) is 4.54. The summed E-state index contributed by atoms with van der Waals surface area (Å²) in [5.41, 5.74) is 3.25. The van der Waals surface area contributed by atoms with E-state index in [4.69, 9.17) is 0 Å². The molecule has 6 heteroatoms. The van der Waals surface area contributed by atoms with Crippen LogP contribution in [-0.4, -0.2) is 46.6 Å². The van der Waals surface area contributed by atoms with Crippen LogP contribution < -0.4 is 5.32 Å². The van der Waals surface area contributed by atoms with Crippen LogP contribution in [0.1, 0.15) is 10.5 Å². The van der Waals surface area contributed by atoms with Crippen molar-refractivity contribution in [3.8, 4) is 0 Å². The lowest BCUT2D eigenvalue weighted by atomic mass is 10.1. The van der Waals surface area contributed by atoms with Gasteiger partial charge in [-0.25, -0.2) is 4.98 Å². The minimum absolute atomic E-state index is 0.0157. The van der Waals surface area contributed by atoms with Crippen LogP contribution in [0.15, 0.2) is 59.5 Å². The Kier molecular flexibility index (Phi) is 5.55. The molecule has 0 bridgehead atoms. The number of thioether (sulfide) groups is 2. The number of nitrogens with zero attached hydrogens (tertiary/aromatic N) is 2. The van der Waals surface area contributed by atoms with Gasteiger partial charge in [-0.2, -0.15) is 11.8 Å². The number of rotatable bonds is 4. The second-order valence-corrected chi connectivity index (χ2v) is 8.44. The summed E-state index contributed by atoms with van der Waals surface area (Å²) in [6.07, 6.45) is 2.06. The summed E-state index contributed by atoms with van der Waals surface area (Å²) >= 11 is 3.60. The summed E-state index contributed by atoms with van der Waals surface area (Å²) in [7, 11) is 0. The van der Waals surface area contributed by atoms with E-state index in [0.29, 0.717) is 5.69 Å². The molecule has 1 aliphatic rings. The van der Waals surface area contributed by atoms with Gasteiger partial charge in [0.25, 0.3) is 5.91 Å². The zero-order valence-electron chi connectivity index (χ0n) is 15.1. The monoisotopic (exact) mass is 395 g/mol. The maximum absolute atomic E-state index is 13.0. The Bertz CT molecular complexity index is 971. The normalized spacial score (nSPS) is 14.3. The summed E-state index contributed by atoms with van der Waals surface area (Å²) in [5.74, 6) is 2.00. The van der Waals surface area contributed by atoms with Gasteiger partial charge >= 0.3 is 0 Å². The van der Waals surface area contributed by atoms with Gasteiger partial charge in [0.05, 0.1) is 11.2 Å². The predicted molar refractivity (Wildman–Crippen MR) is 116 cm³/mol. The predicted octanol–water partition coefficient (Wildman–Crippen LogP) is 4.89. The molecule has 2 heterocycles. The number of hydrogen-bond acceptors (Lipinski definition) is 5. The number of para-hydroxylation sites is 1. The molecule has 0 aliphatic carbocycles. The van der Waals surface area contributed by atoms with Gasteiger partial charge in [-0.05, 0) is 36.6 Å².